The van der Waals surface area contributed by atoms with Gasteiger partial charge < -0.3 is 30.7 Å². The summed E-state index contributed by atoms with van der Waals surface area (Å²) in [5, 5.41) is 17.0. The molecule has 0 saturated heterocycles. The van der Waals surface area contributed by atoms with Gasteiger partial charge in [-0.1, -0.05) is 13.3 Å². The fourth-order valence-electron chi connectivity index (χ4n) is 2.44. The molecule has 0 atom stereocenters. The number of hydrogen-bond donors (Lipinski definition) is 3. The highest BCUT2D eigenvalue weighted by atomic mass is 16.5. The lowest BCUT2D eigenvalue weighted by atomic mass is 10.1. The maximum absolute atomic E-state index is 12.0. The van der Waals surface area contributed by atoms with Crippen LogP contribution in [0.1, 0.15) is 25.5 Å². The van der Waals surface area contributed by atoms with E-state index in [1.807, 2.05) is 6.92 Å². The van der Waals surface area contributed by atoms with Gasteiger partial charge in [-0.25, -0.2) is 9.78 Å². The maximum Gasteiger partial charge on any atom is 0.319 e. The molecule has 0 saturated carbocycles. The van der Waals surface area contributed by atoms with Crippen LogP contribution < -0.4 is 20.1 Å². The van der Waals surface area contributed by atoms with Gasteiger partial charge in [0, 0.05) is 23.0 Å². The quantitative estimate of drug-likeness (QED) is 0.689. The maximum atomic E-state index is 12.0. The minimum atomic E-state index is -0.388. The fourth-order valence-corrected chi connectivity index (χ4v) is 2.44. The minimum absolute atomic E-state index is 0. The van der Waals surface area contributed by atoms with Gasteiger partial charge in [0.2, 0.25) is 5.88 Å². The number of hydrogen-bond acceptors (Lipinski definition) is 5. The van der Waals surface area contributed by atoms with Crippen molar-refractivity contribution in [2.45, 2.75) is 26.7 Å². The van der Waals surface area contributed by atoms with Crippen LogP contribution in [0.25, 0.3) is 10.8 Å². The first-order chi connectivity index (χ1) is 11.5. The Hall–Kier alpha value is -2.74. The summed E-state index contributed by atoms with van der Waals surface area (Å²) in [5.41, 5.74) is 0.867. The second-order valence-electron chi connectivity index (χ2n) is 5.38. The highest BCUT2D eigenvalue weighted by Crippen LogP contribution is 2.39. The second kappa shape index (κ2) is 8.93. The monoisotopic (exact) mass is 351 g/mol. The highest BCUT2D eigenvalue weighted by molar-refractivity contribution is 6.05. The molecule has 2 aromatic rings. The number of urea groups is 1. The zero-order valence-electron chi connectivity index (χ0n) is 14.9. The van der Waals surface area contributed by atoms with Crippen LogP contribution in [0.15, 0.2) is 12.1 Å². The number of aromatic nitrogens is 1. The van der Waals surface area contributed by atoms with E-state index in [2.05, 4.69) is 15.6 Å². The molecule has 2 amide bonds. The average molecular weight is 351 g/mol. The van der Waals surface area contributed by atoms with E-state index in [1.54, 1.807) is 26.2 Å². The van der Waals surface area contributed by atoms with Crippen LogP contribution in [0.5, 0.6) is 17.4 Å². The first kappa shape index (κ1) is 20.3. The number of amides is 2. The van der Waals surface area contributed by atoms with Crippen LogP contribution >= 0.6 is 0 Å². The van der Waals surface area contributed by atoms with Gasteiger partial charge in [0.05, 0.1) is 14.2 Å². The summed E-state index contributed by atoms with van der Waals surface area (Å²) in [4.78, 5) is 16.1. The van der Waals surface area contributed by atoms with Crippen LogP contribution in [0.4, 0.5) is 10.5 Å². The predicted molar refractivity (Wildman–Crippen MR) is 96.8 cm³/mol. The van der Waals surface area contributed by atoms with Crippen LogP contribution in [-0.4, -0.2) is 42.4 Å². The zero-order valence-corrected chi connectivity index (χ0v) is 14.9. The van der Waals surface area contributed by atoms with E-state index in [0.29, 0.717) is 29.1 Å². The van der Waals surface area contributed by atoms with Gasteiger partial charge in [0.1, 0.15) is 5.69 Å². The Morgan fingerprint density at radius 1 is 1.20 bits per heavy atom. The SMILES string of the molecule is CCCCNC(=O)Nc1c(O)nc(C)c2cc(OC)c(OC)cc12.O. The fraction of sp³-hybridized carbons (Fsp3) is 0.412. The van der Waals surface area contributed by atoms with Crippen molar-refractivity contribution in [2.75, 3.05) is 26.1 Å². The Bertz CT molecular complexity index is 749. The number of aryl methyl sites for hydroxylation is 1. The van der Waals surface area contributed by atoms with E-state index >= 15 is 0 Å². The van der Waals surface area contributed by atoms with Crippen LogP contribution in [0, 0.1) is 6.92 Å². The number of aromatic hydroxyl groups is 1. The molecule has 2 rings (SSSR count). The standard InChI is InChI=1S/C17H23N3O4.H2O/c1-5-6-7-18-17(22)20-15-12-9-14(24-4)13(23-3)8-11(12)10(2)19-16(15)21;/h8-9H,5-7H2,1-4H3,(H,19,21)(H2,18,20,22);1H2. The Kier molecular flexibility index (Phi) is 7.25. The predicted octanol–water partition coefficient (Wildman–Crippen LogP) is 2.36. The molecule has 8 heteroatoms. The van der Waals surface area contributed by atoms with Gasteiger partial charge in [0.25, 0.3) is 0 Å². The van der Waals surface area contributed by atoms with Gasteiger partial charge in [-0.3, -0.25) is 0 Å². The summed E-state index contributed by atoms with van der Waals surface area (Å²) in [6.07, 6.45) is 1.87. The summed E-state index contributed by atoms with van der Waals surface area (Å²) < 4.78 is 10.6. The third-order valence-corrected chi connectivity index (χ3v) is 3.73. The van der Waals surface area contributed by atoms with Gasteiger partial charge in [-0.2, -0.15) is 0 Å². The summed E-state index contributed by atoms with van der Waals surface area (Å²) in [7, 11) is 3.08. The van der Waals surface area contributed by atoms with Crippen molar-refractivity contribution in [3.63, 3.8) is 0 Å². The largest absolute Gasteiger partial charge is 0.493 e. The molecule has 0 aliphatic rings. The number of ether oxygens (including phenoxy) is 2. The Morgan fingerprint density at radius 2 is 1.80 bits per heavy atom. The number of methoxy groups -OCH3 is 2. The molecule has 0 bridgehead atoms. The van der Waals surface area contributed by atoms with Crippen molar-refractivity contribution in [2.24, 2.45) is 0 Å². The number of carbonyl (C=O) groups is 1. The van der Waals surface area contributed by atoms with E-state index in [-0.39, 0.29) is 23.1 Å². The van der Waals surface area contributed by atoms with Crippen LogP contribution in [0.2, 0.25) is 0 Å². The van der Waals surface area contributed by atoms with E-state index < -0.39 is 0 Å². The van der Waals surface area contributed by atoms with Gasteiger partial charge in [-0.15, -0.1) is 0 Å². The van der Waals surface area contributed by atoms with Crippen molar-refractivity contribution < 1.29 is 24.9 Å². The zero-order chi connectivity index (χ0) is 17.7. The first-order valence-corrected chi connectivity index (χ1v) is 7.82. The number of rotatable bonds is 6. The van der Waals surface area contributed by atoms with E-state index in [0.717, 1.165) is 18.2 Å². The van der Waals surface area contributed by atoms with Crippen molar-refractivity contribution in [1.29, 1.82) is 0 Å². The van der Waals surface area contributed by atoms with Gasteiger partial charge >= 0.3 is 6.03 Å². The highest BCUT2D eigenvalue weighted by Gasteiger charge is 2.17. The summed E-state index contributed by atoms with van der Waals surface area (Å²) >= 11 is 0. The van der Waals surface area contributed by atoms with Crippen molar-refractivity contribution in [3.8, 4) is 17.4 Å². The molecule has 1 aromatic carbocycles. The van der Waals surface area contributed by atoms with E-state index in [1.165, 1.54) is 7.11 Å². The number of nitrogens with one attached hydrogen (secondary N) is 2. The number of carbonyl (C=O) groups excluding carboxylic acids is 1. The third-order valence-electron chi connectivity index (χ3n) is 3.73. The molecule has 0 unspecified atom stereocenters. The average Bonchev–Trinajstić information content (AvgIpc) is 2.57. The summed E-state index contributed by atoms with van der Waals surface area (Å²) in [6, 6.07) is 3.10. The Morgan fingerprint density at radius 3 is 2.36 bits per heavy atom. The van der Waals surface area contributed by atoms with Gasteiger partial charge in [0.15, 0.2) is 11.5 Å². The molecule has 0 aliphatic heterocycles. The van der Waals surface area contributed by atoms with Gasteiger partial charge in [-0.05, 0) is 25.5 Å². The Balaban J connectivity index is 0.00000312. The lowest BCUT2D eigenvalue weighted by Gasteiger charge is -2.15. The third kappa shape index (κ3) is 4.42. The lowest BCUT2D eigenvalue weighted by Crippen LogP contribution is -2.29. The minimum Gasteiger partial charge on any atom is -0.493 e. The summed E-state index contributed by atoms with van der Waals surface area (Å²) in [5.74, 6) is 0.821. The molecular weight excluding hydrogens is 326 g/mol. The number of nitrogens with zero attached hydrogens (tertiary/aromatic N) is 1. The molecule has 138 valence electrons. The molecular formula is C17H25N3O5. The van der Waals surface area contributed by atoms with Crippen LogP contribution in [-0.2, 0) is 0 Å². The smallest absolute Gasteiger partial charge is 0.319 e. The second-order valence-corrected chi connectivity index (χ2v) is 5.38. The topological polar surface area (TPSA) is 124 Å². The number of pyridine rings is 1. The molecule has 1 aromatic heterocycles. The molecule has 8 nitrogen and oxygen atoms in total. The molecule has 5 N–H and O–H groups in total. The van der Waals surface area contributed by atoms with Crippen molar-refractivity contribution in [3.05, 3.63) is 17.8 Å². The number of benzene rings is 1. The molecule has 0 aliphatic carbocycles. The first-order valence-electron chi connectivity index (χ1n) is 7.82. The number of fused-ring (bicyclic) bond motifs is 1. The molecule has 0 spiro atoms. The van der Waals surface area contributed by atoms with E-state index in [9.17, 15) is 9.90 Å². The number of anilines is 1. The normalized spacial score (nSPS) is 10.1. The number of unbranched alkanes of at least 4 members (excludes halogenated alkanes) is 1. The van der Waals surface area contributed by atoms with Crippen LogP contribution in [0.3, 0.4) is 0 Å². The molecule has 1 heterocycles. The molecule has 0 fully saturated rings. The molecule has 0 radical (unpaired) electrons. The van der Waals surface area contributed by atoms with Crippen molar-refractivity contribution in [1.82, 2.24) is 10.3 Å². The lowest BCUT2D eigenvalue weighted by molar-refractivity contribution is 0.252. The van der Waals surface area contributed by atoms with Crippen molar-refractivity contribution >= 4 is 22.5 Å². The molecule has 25 heavy (non-hydrogen) atoms. The summed E-state index contributed by atoms with van der Waals surface area (Å²) in [6.45, 7) is 4.39. The Labute approximate surface area is 146 Å². The van der Waals surface area contributed by atoms with E-state index in [4.69, 9.17) is 9.47 Å².